The van der Waals surface area contributed by atoms with Crippen molar-refractivity contribution in [1.82, 2.24) is 9.62 Å². The number of likely N-dealkylation sites (tertiary alicyclic amines) is 1. The molecular weight excluding hydrogens is 230 g/mol. The van der Waals surface area contributed by atoms with Crippen molar-refractivity contribution >= 4 is 17.2 Å². The van der Waals surface area contributed by atoms with Gasteiger partial charge in [0.25, 0.3) is 0 Å². The Morgan fingerprint density at radius 3 is 2.69 bits per heavy atom. The zero-order valence-electron chi connectivity index (χ0n) is 9.18. The first-order valence-electron chi connectivity index (χ1n) is 5.48. The molecule has 0 spiro atoms. The quantitative estimate of drug-likeness (QED) is 0.470. The van der Waals surface area contributed by atoms with Gasteiger partial charge in [0.05, 0.1) is 6.04 Å². The molecule has 0 aromatic carbocycles. The lowest BCUT2D eigenvalue weighted by Gasteiger charge is -2.20. The third-order valence-electron chi connectivity index (χ3n) is 2.65. The van der Waals surface area contributed by atoms with Gasteiger partial charge in [0.15, 0.2) is 0 Å². The monoisotopic (exact) mass is 248 g/mol. The Labute approximate surface area is 98.0 Å². The molecule has 2 unspecified atom stereocenters. The van der Waals surface area contributed by atoms with Gasteiger partial charge in [-0.1, -0.05) is 0 Å². The smallest absolute Gasteiger partial charge is 0.239 e. The van der Waals surface area contributed by atoms with E-state index in [0.29, 0.717) is 19.4 Å². The van der Waals surface area contributed by atoms with Gasteiger partial charge in [0.1, 0.15) is 0 Å². The van der Waals surface area contributed by atoms with Crippen molar-refractivity contribution in [3.05, 3.63) is 0 Å². The van der Waals surface area contributed by atoms with E-state index in [-0.39, 0.29) is 5.91 Å². The summed E-state index contributed by atoms with van der Waals surface area (Å²) in [6, 6.07) is -0.500. The van der Waals surface area contributed by atoms with Gasteiger partial charge in [-0.15, -0.1) is 0 Å². The summed E-state index contributed by atoms with van der Waals surface area (Å²) < 4.78 is 22.6. The molecule has 3 N–H and O–H groups in total. The number of carbonyl (C=O) groups excluding carboxylic acids is 1. The Kier molecular flexibility index (Phi) is 5.89. The maximum atomic E-state index is 11.7. The minimum absolute atomic E-state index is 0.0132. The van der Waals surface area contributed by atoms with Crippen LogP contribution in [-0.2, 0) is 16.1 Å². The van der Waals surface area contributed by atoms with E-state index in [1.54, 1.807) is 4.90 Å². The Morgan fingerprint density at radius 1 is 1.50 bits per heavy atom. The van der Waals surface area contributed by atoms with Crippen LogP contribution in [0.5, 0.6) is 0 Å². The molecule has 6 nitrogen and oxygen atoms in total. The van der Waals surface area contributed by atoms with Crippen molar-refractivity contribution in [2.45, 2.75) is 31.7 Å². The van der Waals surface area contributed by atoms with Crippen LogP contribution >= 0.6 is 0 Å². The first-order valence-corrected chi connectivity index (χ1v) is 6.56. The largest absolute Gasteiger partial charge is 0.760 e. The van der Waals surface area contributed by atoms with Gasteiger partial charge in [-0.25, -0.2) is 4.72 Å². The minimum Gasteiger partial charge on any atom is -0.760 e. The maximum Gasteiger partial charge on any atom is 0.239 e. The molecule has 1 saturated heterocycles. The average molecular weight is 248 g/mol. The highest BCUT2D eigenvalue weighted by Crippen LogP contribution is 2.10. The number of nitrogens with zero attached hydrogens (tertiary/aromatic N) is 1. The van der Waals surface area contributed by atoms with Gasteiger partial charge < -0.3 is 15.2 Å². The van der Waals surface area contributed by atoms with Crippen LogP contribution in [0.25, 0.3) is 0 Å². The molecule has 0 radical (unpaired) electrons. The molecule has 1 heterocycles. The molecule has 7 heteroatoms. The summed E-state index contributed by atoms with van der Waals surface area (Å²) in [6.07, 6.45) is 3.19. The first kappa shape index (κ1) is 13.6. The summed E-state index contributed by atoms with van der Waals surface area (Å²) in [6.45, 7) is 1.93. The van der Waals surface area contributed by atoms with Gasteiger partial charge in [-0.05, 0) is 25.7 Å². The third kappa shape index (κ3) is 4.56. The van der Waals surface area contributed by atoms with Crippen LogP contribution in [0.1, 0.15) is 25.7 Å². The van der Waals surface area contributed by atoms with Gasteiger partial charge in [0, 0.05) is 30.9 Å². The first-order chi connectivity index (χ1) is 7.61. The summed E-state index contributed by atoms with van der Waals surface area (Å²) in [5, 5.41) is 0. The molecule has 0 aliphatic carbocycles. The highest BCUT2D eigenvalue weighted by Gasteiger charge is 2.22. The van der Waals surface area contributed by atoms with Crippen LogP contribution in [0.15, 0.2) is 0 Å². The van der Waals surface area contributed by atoms with E-state index in [2.05, 4.69) is 4.72 Å². The number of hydrogen-bond donors (Lipinski definition) is 2. The van der Waals surface area contributed by atoms with Crippen molar-refractivity contribution in [3.63, 3.8) is 0 Å². The summed E-state index contributed by atoms with van der Waals surface area (Å²) >= 11 is -2.23. The zero-order valence-corrected chi connectivity index (χ0v) is 10.0. The fraction of sp³-hybridized carbons (Fsp3) is 0.889. The fourth-order valence-electron chi connectivity index (χ4n) is 1.77. The number of hydrogen-bond acceptors (Lipinski definition) is 4. The lowest BCUT2D eigenvalue weighted by Crippen LogP contribution is -2.42. The molecule has 1 aliphatic rings. The molecule has 94 valence electrons. The molecule has 0 bridgehead atoms. The second kappa shape index (κ2) is 6.95. The standard InChI is InChI=1S/C9H19N3O3S/c10-8(4-3-5-11-16(14)15)9(13)12-6-1-2-7-12/h8,11H,1-7,10H2,(H,14,15)/p-1. The molecule has 1 amide bonds. The lowest BCUT2D eigenvalue weighted by atomic mass is 10.1. The van der Waals surface area contributed by atoms with Gasteiger partial charge >= 0.3 is 0 Å². The van der Waals surface area contributed by atoms with Crippen LogP contribution < -0.4 is 10.5 Å². The Balaban J connectivity index is 2.15. The maximum absolute atomic E-state index is 11.7. The van der Waals surface area contributed by atoms with Crippen LogP contribution in [0.2, 0.25) is 0 Å². The molecule has 0 aromatic rings. The number of nitrogens with two attached hydrogens (primary N) is 1. The minimum atomic E-state index is -2.23. The molecule has 16 heavy (non-hydrogen) atoms. The van der Waals surface area contributed by atoms with E-state index in [1.165, 1.54) is 0 Å². The Hall–Kier alpha value is -0.500. The van der Waals surface area contributed by atoms with Crippen LogP contribution in [0.3, 0.4) is 0 Å². The van der Waals surface area contributed by atoms with Crippen molar-refractivity contribution in [1.29, 1.82) is 0 Å². The van der Waals surface area contributed by atoms with Crippen LogP contribution in [0.4, 0.5) is 0 Å². The van der Waals surface area contributed by atoms with Crippen LogP contribution in [0, 0.1) is 0 Å². The van der Waals surface area contributed by atoms with Crippen molar-refractivity contribution in [2.24, 2.45) is 5.73 Å². The van der Waals surface area contributed by atoms with E-state index in [0.717, 1.165) is 25.9 Å². The SMILES string of the molecule is NC(CCCNS(=O)[O-])C(=O)N1CCCC1. The summed E-state index contributed by atoms with van der Waals surface area (Å²) in [5.74, 6) is -0.0132. The molecule has 1 rings (SSSR count). The highest BCUT2D eigenvalue weighted by atomic mass is 32.2. The van der Waals surface area contributed by atoms with Crippen LogP contribution in [-0.4, -0.2) is 45.2 Å². The van der Waals surface area contributed by atoms with E-state index in [4.69, 9.17) is 5.73 Å². The highest BCUT2D eigenvalue weighted by molar-refractivity contribution is 7.77. The van der Waals surface area contributed by atoms with Crippen molar-refractivity contribution in [3.8, 4) is 0 Å². The fourth-order valence-corrected chi connectivity index (χ4v) is 2.08. The van der Waals surface area contributed by atoms with E-state index in [1.807, 2.05) is 0 Å². The number of carbonyl (C=O) groups is 1. The predicted molar refractivity (Wildman–Crippen MR) is 59.9 cm³/mol. The van der Waals surface area contributed by atoms with Crippen molar-refractivity contribution < 1.29 is 13.6 Å². The Morgan fingerprint density at radius 2 is 2.12 bits per heavy atom. The predicted octanol–water partition coefficient (Wildman–Crippen LogP) is -0.900. The summed E-state index contributed by atoms with van der Waals surface area (Å²) in [4.78, 5) is 13.5. The topological polar surface area (TPSA) is 98.5 Å². The van der Waals surface area contributed by atoms with Gasteiger partial charge in [-0.3, -0.25) is 9.00 Å². The van der Waals surface area contributed by atoms with Gasteiger partial charge in [0.2, 0.25) is 5.91 Å². The normalized spacial score (nSPS) is 19.8. The Bertz CT molecular complexity index is 256. The summed E-state index contributed by atoms with van der Waals surface area (Å²) in [5.41, 5.74) is 5.74. The second-order valence-corrected chi connectivity index (χ2v) is 4.67. The summed E-state index contributed by atoms with van der Waals surface area (Å²) in [7, 11) is 0. The molecule has 2 atom stereocenters. The third-order valence-corrected chi connectivity index (χ3v) is 3.09. The number of rotatable bonds is 6. The molecule has 0 saturated carbocycles. The molecule has 0 aromatic heterocycles. The second-order valence-electron chi connectivity index (χ2n) is 3.91. The van der Waals surface area contributed by atoms with E-state index in [9.17, 15) is 13.6 Å². The molecule has 1 fully saturated rings. The zero-order chi connectivity index (χ0) is 12.0. The lowest BCUT2D eigenvalue weighted by molar-refractivity contribution is -0.131. The van der Waals surface area contributed by atoms with E-state index >= 15 is 0 Å². The average Bonchev–Trinajstić information content (AvgIpc) is 2.76. The van der Waals surface area contributed by atoms with Gasteiger partial charge in [-0.2, -0.15) is 0 Å². The number of nitrogens with one attached hydrogen (secondary N) is 1. The number of amides is 1. The van der Waals surface area contributed by atoms with Crippen molar-refractivity contribution in [2.75, 3.05) is 19.6 Å². The van der Waals surface area contributed by atoms with E-state index < -0.39 is 17.3 Å². The molecule has 1 aliphatic heterocycles. The molecular formula is C9H18N3O3S-.